The molecule has 0 aliphatic carbocycles. The number of aromatic nitrogens is 1. The number of benzene rings is 2. The van der Waals surface area contributed by atoms with E-state index in [-0.39, 0.29) is 5.91 Å². The first-order valence-corrected chi connectivity index (χ1v) is 11.0. The van der Waals surface area contributed by atoms with Crippen molar-refractivity contribution in [3.05, 3.63) is 58.7 Å². The van der Waals surface area contributed by atoms with E-state index in [0.717, 1.165) is 59.5 Å². The molecule has 5 rings (SSSR count). The summed E-state index contributed by atoms with van der Waals surface area (Å²) in [5, 5.41) is 1.07. The summed E-state index contributed by atoms with van der Waals surface area (Å²) in [4.78, 5) is 20.1. The first-order chi connectivity index (χ1) is 14.6. The standard InChI is InChI=1S/C24H23BrN4O/c1-26-13-15-27(16-14-26)10-2-3-11-29-22-17-19(25)7-8-21(22)28-12-9-18-5-4-6-20(23(18)28)24(29)30/h4-9,12,17H,10-11,13-16H2,1H3. The van der Waals surface area contributed by atoms with Gasteiger partial charge in [0.1, 0.15) is 0 Å². The van der Waals surface area contributed by atoms with Crippen molar-refractivity contribution in [1.82, 2.24) is 14.4 Å². The second-order valence-corrected chi connectivity index (χ2v) is 8.80. The summed E-state index contributed by atoms with van der Waals surface area (Å²) < 4.78 is 3.06. The summed E-state index contributed by atoms with van der Waals surface area (Å²) in [5.74, 6) is 6.54. The van der Waals surface area contributed by atoms with E-state index in [9.17, 15) is 4.79 Å². The largest absolute Gasteiger partial charge is 0.314 e. The maximum Gasteiger partial charge on any atom is 0.261 e. The highest BCUT2D eigenvalue weighted by Gasteiger charge is 2.27. The summed E-state index contributed by atoms with van der Waals surface area (Å²) in [5.41, 5.74) is 3.54. The van der Waals surface area contributed by atoms with Crippen molar-refractivity contribution in [1.29, 1.82) is 0 Å². The minimum absolute atomic E-state index is 0.00806. The van der Waals surface area contributed by atoms with Gasteiger partial charge in [0.25, 0.3) is 5.91 Å². The highest BCUT2D eigenvalue weighted by Crippen LogP contribution is 2.36. The van der Waals surface area contributed by atoms with E-state index in [2.05, 4.69) is 61.3 Å². The number of fused-ring (bicyclic) bond motifs is 2. The Labute approximate surface area is 185 Å². The Kier molecular flexibility index (Phi) is 5.11. The Hall–Kier alpha value is -2.59. The van der Waals surface area contributed by atoms with Crippen LogP contribution in [-0.4, -0.2) is 66.6 Å². The molecule has 2 aliphatic rings. The zero-order chi connectivity index (χ0) is 20.7. The molecule has 6 heteroatoms. The normalized spacial score (nSPS) is 16.9. The third-order valence-corrected chi connectivity index (χ3v) is 6.43. The lowest BCUT2D eigenvalue weighted by molar-refractivity contribution is 0.0992. The summed E-state index contributed by atoms with van der Waals surface area (Å²) >= 11 is 3.57. The first-order valence-electron chi connectivity index (χ1n) is 10.2. The maximum atomic E-state index is 13.5. The van der Waals surface area contributed by atoms with Crippen LogP contribution >= 0.6 is 15.9 Å². The van der Waals surface area contributed by atoms with Crippen LogP contribution in [0.5, 0.6) is 0 Å². The molecule has 0 saturated carbocycles. The minimum Gasteiger partial charge on any atom is -0.314 e. The van der Waals surface area contributed by atoms with Crippen LogP contribution in [0.2, 0.25) is 0 Å². The zero-order valence-corrected chi connectivity index (χ0v) is 18.5. The minimum atomic E-state index is -0.00806. The van der Waals surface area contributed by atoms with Crippen LogP contribution in [0.15, 0.2) is 53.1 Å². The number of likely N-dealkylation sites (N-methyl/N-ethyl adjacent to an activating group) is 1. The van der Waals surface area contributed by atoms with Crippen molar-refractivity contribution >= 4 is 38.4 Å². The molecule has 0 N–H and O–H groups in total. The second kappa shape index (κ2) is 7.92. The SMILES string of the molecule is CN1CCN(CC#CCN2C(=O)c3cccc4ccn(c34)-c3ccc(Br)cc32)CC1. The number of carbonyl (C=O) groups is 1. The molecule has 1 amide bonds. The molecule has 3 aromatic rings. The van der Waals surface area contributed by atoms with E-state index in [1.54, 1.807) is 4.90 Å². The van der Waals surface area contributed by atoms with Gasteiger partial charge in [-0.3, -0.25) is 14.6 Å². The van der Waals surface area contributed by atoms with Crippen molar-refractivity contribution in [3.63, 3.8) is 0 Å². The molecule has 1 saturated heterocycles. The highest BCUT2D eigenvalue weighted by molar-refractivity contribution is 9.10. The molecule has 2 aromatic carbocycles. The monoisotopic (exact) mass is 462 g/mol. The third-order valence-electron chi connectivity index (χ3n) is 5.94. The van der Waals surface area contributed by atoms with Crippen LogP contribution in [0.4, 0.5) is 5.69 Å². The fraction of sp³-hybridized carbons (Fsp3) is 0.292. The van der Waals surface area contributed by atoms with Crippen molar-refractivity contribution in [2.75, 3.05) is 51.2 Å². The number of para-hydroxylation sites is 1. The summed E-state index contributed by atoms with van der Waals surface area (Å²) in [6.07, 6.45) is 2.04. The maximum absolute atomic E-state index is 13.5. The molecule has 0 atom stereocenters. The molecule has 30 heavy (non-hydrogen) atoms. The van der Waals surface area contributed by atoms with Gasteiger partial charge in [-0.05, 0) is 37.4 Å². The lowest BCUT2D eigenvalue weighted by atomic mass is 10.1. The number of carbonyl (C=O) groups excluding carboxylic acids is 1. The lowest BCUT2D eigenvalue weighted by Crippen LogP contribution is -2.44. The van der Waals surface area contributed by atoms with Gasteiger partial charge < -0.3 is 9.47 Å². The van der Waals surface area contributed by atoms with Crippen molar-refractivity contribution in [2.24, 2.45) is 0 Å². The molecule has 0 bridgehead atoms. The molecule has 0 spiro atoms. The molecule has 1 aromatic heterocycles. The summed E-state index contributed by atoms with van der Waals surface area (Å²) in [6, 6.07) is 14.0. The number of nitrogens with zero attached hydrogens (tertiary/aromatic N) is 4. The molecular weight excluding hydrogens is 440 g/mol. The number of hydrogen-bond acceptors (Lipinski definition) is 3. The Bertz CT molecular complexity index is 1180. The van der Waals surface area contributed by atoms with Crippen LogP contribution in [0.25, 0.3) is 16.6 Å². The Morgan fingerprint density at radius 2 is 1.77 bits per heavy atom. The van der Waals surface area contributed by atoms with E-state index in [1.165, 1.54) is 0 Å². The Balaban J connectivity index is 1.48. The van der Waals surface area contributed by atoms with Crippen molar-refractivity contribution in [3.8, 4) is 17.5 Å². The average Bonchev–Trinajstić information content (AvgIpc) is 3.15. The first kappa shape index (κ1) is 19.4. The fourth-order valence-electron chi connectivity index (χ4n) is 4.20. The average molecular weight is 463 g/mol. The van der Waals surface area contributed by atoms with Crippen LogP contribution in [0.3, 0.4) is 0 Å². The number of anilines is 1. The molecule has 3 heterocycles. The molecule has 0 radical (unpaired) electrons. The van der Waals surface area contributed by atoms with E-state index in [0.29, 0.717) is 12.1 Å². The van der Waals surface area contributed by atoms with E-state index < -0.39 is 0 Å². The quantitative estimate of drug-likeness (QED) is 0.545. The smallest absolute Gasteiger partial charge is 0.261 e. The predicted octanol–water partition coefficient (Wildman–Crippen LogP) is 3.60. The molecule has 152 valence electrons. The van der Waals surface area contributed by atoms with Crippen LogP contribution in [-0.2, 0) is 0 Å². The Morgan fingerprint density at radius 1 is 0.967 bits per heavy atom. The van der Waals surface area contributed by atoms with Crippen molar-refractivity contribution < 1.29 is 4.79 Å². The van der Waals surface area contributed by atoms with E-state index in [4.69, 9.17) is 0 Å². The highest BCUT2D eigenvalue weighted by atomic mass is 79.9. The van der Waals surface area contributed by atoms with Gasteiger partial charge in [0.05, 0.1) is 35.5 Å². The van der Waals surface area contributed by atoms with Gasteiger partial charge in [0.2, 0.25) is 0 Å². The second-order valence-electron chi connectivity index (χ2n) is 7.89. The van der Waals surface area contributed by atoms with Gasteiger partial charge >= 0.3 is 0 Å². The van der Waals surface area contributed by atoms with Gasteiger partial charge in [-0.25, -0.2) is 0 Å². The number of hydrogen-bond donors (Lipinski definition) is 0. The summed E-state index contributed by atoms with van der Waals surface area (Å²) in [7, 11) is 2.15. The van der Waals surface area contributed by atoms with Crippen LogP contribution in [0, 0.1) is 11.8 Å². The number of piperazine rings is 1. The van der Waals surface area contributed by atoms with Gasteiger partial charge in [-0.1, -0.05) is 39.9 Å². The fourth-order valence-corrected chi connectivity index (χ4v) is 4.55. The molecule has 1 fully saturated rings. The zero-order valence-electron chi connectivity index (χ0n) is 16.9. The van der Waals surface area contributed by atoms with Crippen molar-refractivity contribution in [2.45, 2.75) is 0 Å². The molecule has 2 aliphatic heterocycles. The van der Waals surface area contributed by atoms with Gasteiger partial charge in [-0.2, -0.15) is 0 Å². The predicted molar refractivity (Wildman–Crippen MR) is 124 cm³/mol. The third kappa shape index (κ3) is 3.43. The van der Waals surface area contributed by atoms with E-state index >= 15 is 0 Å². The topological polar surface area (TPSA) is 31.7 Å². The number of rotatable bonds is 2. The Morgan fingerprint density at radius 3 is 2.60 bits per heavy atom. The molecule has 5 nitrogen and oxygen atoms in total. The van der Waals surface area contributed by atoms with E-state index in [1.807, 2.05) is 36.5 Å². The summed E-state index contributed by atoms with van der Waals surface area (Å²) in [6.45, 7) is 5.36. The van der Waals surface area contributed by atoms with Crippen LogP contribution < -0.4 is 4.90 Å². The van der Waals surface area contributed by atoms with Crippen LogP contribution in [0.1, 0.15) is 10.4 Å². The number of halogens is 1. The number of amides is 1. The molecule has 0 unspecified atom stereocenters. The lowest BCUT2D eigenvalue weighted by Gasteiger charge is -2.30. The van der Waals surface area contributed by atoms with Gasteiger partial charge in [0.15, 0.2) is 0 Å². The van der Waals surface area contributed by atoms with Gasteiger partial charge in [-0.15, -0.1) is 0 Å². The van der Waals surface area contributed by atoms with Gasteiger partial charge in [0, 0.05) is 42.2 Å². The molecular formula is C24H23BrN4O.